The van der Waals surface area contributed by atoms with Gasteiger partial charge in [-0.25, -0.2) is 4.39 Å². The Morgan fingerprint density at radius 3 is 2.74 bits per heavy atom. The number of aromatic nitrogens is 1. The second-order valence-electron chi connectivity index (χ2n) is 8.19. The molecular formula is C24H28ClFN4O. The van der Waals surface area contributed by atoms with Gasteiger partial charge in [0.05, 0.1) is 24.0 Å². The van der Waals surface area contributed by atoms with E-state index < -0.39 is 0 Å². The van der Waals surface area contributed by atoms with Crippen LogP contribution >= 0.6 is 12.4 Å². The molecule has 2 aliphatic rings. The van der Waals surface area contributed by atoms with Crippen molar-refractivity contribution in [3.05, 3.63) is 53.5 Å². The fourth-order valence-corrected chi connectivity index (χ4v) is 4.81. The number of nitrogens with one attached hydrogen (secondary N) is 1. The van der Waals surface area contributed by atoms with Crippen molar-refractivity contribution in [1.29, 1.82) is 0 Å². The first-order chi connectivity index (χ1) is 14.6. The zero-order valence-electron chi connectivity index (χ0n) is 18.1. The normalized spacial score (nSPS) is 18.1. The maximum absolute atomic E-state index is 15.2. The molecule has 1 N–H and O–H groups in total. The van der Waals surface area contributed by atoms with Gasteiger partial charge in [0.15, 0.2) is 0 Å². The number of fused-ring (bicyclic) bond motifs is 3. The lowest BCUT2D eigenvalue weighted by Crippen LogP contribution is -2.50. The summed E-state index contributed by atoms with van der Waals surface area (Å²) in [6, 6.07) is 11.9. The number of ether oxygens (including phenoxy) is 1. The number of halogens is 2. The van der Waals surface area contributed by atoms with Gasteiger partial charge in [-0.1, -0.05) is 0 Å². The Hall–Kier alpha value is -2.57. The summed E-state index contributed by atoms with van der Waals surface area (Å²) in [5, 5.41) is 4.41. The highest BCUT2D eigenvalue weighted by Gasteiger charge is 2.27. The van der Waals surface area contributed by atoms with Gasteiger partial charge in [0.2, 0.25) is 0 Å². The van der Waals surface area contributed by atoms with Crippen LogP contribution < -0.4 is 19.9 Å². The topological polar surface area (TPSA) is 40.6 Å². The number of rotatable bonds is 3. The van der Waals surface area contributed by atoms with E-state index in [-0.39, 0.29) is 24.3 Å². The number of nitrogens with zero attached hydrogens (tertiary/aromatic N) is 3. The quantitative estimate of drug-likeness (QED) is 0.641. The third kappa shape index (κ3) is 3.68. The van der Waals surface area contributed by atoms with Gasteiger partial charge in [-0.3, -0.25) is 4.98 Å². The molecule has 1 fully saturated rings. The molecule has 0 saturated carbocycles. The van der Waals surface area contributed by atoms with Crippen molar-refractivity contribution in [2.45, 2.75) is 26.3 Å². The fourth-order valence-electron chi connectivity index (χ4n) is 4.81. The smallest absolute Gasteiger partial charge is 0.148 e. The van der Waals surface area contributed by atoms with E-state index in [0.717, 1.165) is 66.3 Å². The molecule has 0 radical (unpaired) electrons. The summed E-state index contributed by atoms with van der Waals surface area (Å²) in [6.45, 7) is 7.58. The van der Waals surface area contributed by atoms with Crippen molar-refractivity contribution in [1.82, 2.24) is 10.3 Å². The lowest BCUT2D eigenvalue weighted by Gasteiger charge is -2.36. The van der Waals surface area contributed by atoms with Crippen molar-refractivity contribution in [2.24, 2.45) is 0 Å². The number of piperazine rings is 1. The van der Waals surface area contributed by atoms with E-state index in [1.165, 1.54) is 5.56 Å². The number of hydrogen-bond acceptors (Lipinski definition) is 5. The van der Waals surface area contributed by atoms with Gasteiger partial charge in [-0.2, -0.15) is 0 Å². The average Bonchev–Trinajstić information content (AvgIpc) is 3.20. The van der Waals surface area contributed by atoms with Crippen LogP contribution in [0.4, 0.5) is 21.5 Å². The first-order valence-electron chi connectivity index (χ1n) is 10.6. The Kier molecular flexibility index (Phi) is 5.95. The molecule has 1 aromatic heterocycles. The van der Waals surface area contributed by atoms with Gasteiger partial charge in [0.25, 0.3) is 0 Å². The Morgan fingerprint density at radius 2 is 2.00 bits per heavy atom. The molecule has 1 saturated heterocycles. The van der Waals surface area contributed by atoms with E-state index in [0.29, 0.717) is 5.69 Å². The largest absolute Gasteiger partial charge is 0.497 e. The van der Waals surface area contributed by atoms with Crippen molar-refractivity contribution in [3.63, 3.8) is 0 Å². The standard InChI is InChI=1S/C24H27FN4O.ClH/c1-15-14-26-9-11-28(15)23-7-4-17(12-21(23)25)29-10-8-19-16(2)27-22-6-5-18(30-3)13-20(22)24(19)29;/h4-7,12-13,15,26H,8-11,14H2,1-3H3;1H. The Morgan fingerprint density at radius 1 is 1.16 bits per heavy atom. The molecule has 0 bridgehead atoms. The van der Waals surface area contributed by atoms with E-state index in [1.54, 1.807) is 13.2 Å². The maximum Gasteiger partial charge on any atom is 0.148 e. The molecule has 3 aromatic rings. The number of anilines is 3. The first kappa shape index (κ1) is 21.7. The molecule has 0 spiro atoms. The third-order valence-corrected chi connectivity index (χ3v) is 6.38. The summed E-state index contributed by atoms with van der Waals surface area (Å²) in [5.41, 5.74) is 5.90. The van der Waals surface area contributed by atoms with Crippen molar-refractivity contribution in [2.75, 3.05) is 43.1 Å². The first-order valence-corrected chi connectivity index (χ1v) is 10.6. The second-order valence-corrected chi connectivity index (χ2v) is 8.19. The Balaban J connectivity index is 0.00000231. The van der Waals surface area contributed by atoms with Crippen LogP contribution in [0, 0.1) is 12.7 Å². The summed E-state index contributed by atoms with van der Waals surface area (Å²) in [4.78, 5) is 9.16. The lowest BCUT2D eigenvalue weighted by atomic mass is 10.1. The van der Waals surface area contributed by atoms with Crippen LogP contribution in [-0.2, 0) is 6.42 Å². The van der Waals surface area contributed by atoms with Gasteiger partial charge >= 0.3 is 0 Å². The Bertz CT molecular complexity index is 1120. The molecule has 5 nitrogen and oxygen atoms in total. The molecule has 0 amide bonds. The molecule has 2 aliphatic heterocycles. The molecule has 164 valence electrons. The van der Waals surface area contributed by atoms with E-state index in [2.05, 4.69) is 29.0 Å². The van der Waals surface area contributed by atoms with Crippen LogP contribution in [0.25, 0.3) is 10.9 Å². The van der Waals surface area contributed by atoms with Gasteiger partial charge < -0.3 is 19.9 Å². The van der Waals surface area contributed by atoms with Crippen molar-refractivity contribution in [3.8, 4) is 5.75 Å². The molecule has 2 aromatic carbocycles. The summed E-state index contributed by atoms with van der Waals surface area (Å²) in [6.07, 6.45) is 0.902. The minimum Gasteiger partial charge on any atom is -0.497 e. The van der Waals surface area contributed by atoms with E-state index in [4.69, 9.17) is 9.72 Å². The second kappa shape index (κ2) is 8.52. The summed E-state index contributed by atoms with van der Waals surface area (Å²) in [5.74, 6) is 0.638. The summed E-state index contributed by atoms with van der Waals surface area (Å²) >= 11 is 0. The number of aryl methyl sites for hydroxylation is 1. The molecule has 1 unspecified atom stereocenters. The molecule has 1 atom stereocenters. The average molecular weight is 443 g/mol. The zero-order valence-corrected chi connectivity index (χ0v) is 18.9. The Labute approximate surface area is 188 Å². The molecule has 0 aliphatic carbocycles. The van der Waals surface area contributed by atoms with Gasteiger partial charge in [-0.05, 0) is 62.2 Å². The SMILES string of the molecule is COc1ccc2nc(C)c3c(c2c1)N(c1ccc(N2CCNCC2C)c(F)c1)CC3.Cl. The highest BCUT2D eigenvalue weighted by Crippen LogP contribution is 2.42. The predicted octanol–water partition coefficient (Wildman–Crippen LogP) is 4.61. The van der Waals surface area contributed by atoms with E-state index in [1.807, 2.05) is 30.3 Å². The number of hydrogen-bond donors (Lipinski definition) is 1. The molecule has 3 heterocycles. The van der Waals surface area contributed by atoms with E-state index >= 15 is 4.39 Å². The molecule has 5 rings (SSSR count). The number of benzene rings is 2. The summed E-state index contributed by atoms with van der Waals surface area (Å²) < 4.78 is 20.7. The zero-order chi connectivity index (χ0) is 20.8. The van der Waals surface area contributed by atoms with Crippen molar-refractivity contribution >= 4 is 40.4 Å². The summed E-state index contributed by atoms with van der Waals surface area (Å²) in [7, 11) is 1.67. The van der Waals surface area contributed by atoms with E-state index in [9.17, 15) is 0 Å². The molecular weight excluding hydrogens is 415 g/mol. The molecule has 31 heavy (non-hydrogen) atoms. The lowest BCUT2D eigenvalue weighted by molar-refractivity contribution is 0.415. The monoisotopic (exact) mass is 442 g/mol. The van der Waals surface area contributed by atoms with Crippen LogP contribution in [0.3, 0.4) is 0 Å². The van der Waals surface area contributed by atoms with Crippen LogP contribution in [0.1, 0.15) is 18.2 Å². The van der Waals surface area contributed by atoms with Gasteiger partial charge in [0, 0.05) is 49.0 Å². The van der Waals surface area contributed by atoms with Crippen LogP contribution in [-0.4, -0.2) is 44.3 Å². The van der Waals surface area contributed by atoms with Crippen LogP contribution in [0.5, 0.6) is 5.75 Å². The molecule has 7 heteroatoms. The minimum atomic E-state index is -0.164. The van der Waals surface area contributed by atoms with Crippen molar-refractivity contribution < 1.29 is 9.13 Å². The number of methoxy groups -OCH3 is 1. The number of pyridine rings is 1. The van der Waals surface area contributed by atoms with Gasteiger partial charge in [0.1, 0.15) is 11.6 Å². The third-order valence-electron chi connectivity index (χ3n) is 6.38. The maximum atomic E-state index is 15.2. The predicted molar refractivity (Wildman–Crippen MR) is 127 cm³/mol. The minimum absolute atomic E-state index is 0. The van der Waals surface area contributed by atoms with Crippen LogP contribution in [0.15, 0.2) is 36.4 Å². The highest BCUT2D eigenvalue weighted by molar-refractivity contribution is 5.98. The highest BCUT2D eigenvalue weighted by atomic mass is 35.5. The van der Waals surface area contributed by atoms with Gasteiger partial charge in [-0.15, -0.1) is 12.4 Å². The fraction of sp³-hybridized carbons (Fsp3) is 0.375. The van der Waals surface area contributed by atoms with Crippen LogP contribution in [0.2, 0.25) is 0 Å².